The van der Waals surface area contributed by atoms with Crippen molar-refractivity contribution in [3.8, 4) is 0 Å². The first-order valence-electron chi connectivity index (χ1n) is 6.68. The highest BCUT2D eigenvalue weighted by Gasteiger charge is 2.47. The van der Waals surface area contributed by atoms with Crippen LogP contribution in [0.25, 0.3) is 0 Å². The first-order valence-corrected chi connectivity index (χ1v) is 7.50. The van der Waals surface area contributed by atoms with Crippen molar-refractivity contribution >= 4 is 23.2 Å². The van der Waals surface area contributed by atoms with Gasteiger partial charge in [-0.2, -0.15) is 13.2 Å². The van der Waals surface area contributed by atoms with Crippen LogP contribution in [0.15, 0.2) is 18.5 Å². The molecule has 0 aromatic carbocycles. The molecule has 1 aromatic rings. The number of pyridine rings is 1. The first kappa shape index (κ1) is 15.9. The summed E-state index contributed by atoms with van der Waals surface area (Å²) < 4.78 is 39.2. The van der Waals surface area contributed by atoms with Crippen molar-refractivity contribution in [1.29, 1.82) is 0 Å². The standard InChI is InChI=1S/C14H16Cl2F3N/c15-12(7-9-5-6-20-8-13(9)16)10-3-1-2-4-11(10)14(17,18)19/h5-6,8,10-12H,1-4,7H2. The fourth-order valence-electron chi connectivity index (χ4n) is 2.93. The van der Waals surface area contributed by atoms with Crippen molar-refractivity contribution in [3.63, 3.8) is 0 Å². The Balaban J connectivity index is 2.10. The molecule has 0 radical (unpaired) electrons. The number of hydrogen-bond donors (Lipinski definition) is 0. The second-order valence-electron chi connectivity index (χ2n) is 5.28. The molecule has 0 spiro atoms. The molecule has 0 N–H and O–H groups in total. The molecule has 0 bridgehead atoms. The van der Waals surface area contributed by atoms with E-state index in [0.717, 1.165) is 12.0 Å². The van der Waals surface area contributed by atoms with Crippen LogP contribution in [0.5, 0.6) is 0 Å². The van der Waals surface area contributed by atoms with Crippen LogP contribution in [0.2, 0.25) is 5.02 Å². The topological polar surface area (TPSA) is 12.9 Å². The van der Waals surface area contributed by atoms with Gasteiger partial charge in [0, 0.05) is 17.8 Å². The summed E-state index contributed by atoms with van der Waals surface area (Å²) in [5.74, 6) is -1.82. The molecule has 0 saturated heterocycles. The number of alkyl halides is 4. The van der Waals surface area contributed by atoms with E-state index in [1.54, 1.807) is 12.3 Å². The van der Waals surface area contributed by atoms with E-state index in [0.29, 0.717) is 24.3 Å². The van der Waals surface area contributed by atoms with Gasteiger partial charge in [-0.15, -0.1) is 11.6 Å². The number of rotatable bonds is 3. The van der Waals surface area contributed by atoms with Gasteiger partial charge in [0.15, 0.2) is 0 Å². The van der Waals surface area contributed by atoms with Crippen LogP contribution in [-0.2, 0) is 6.42 Å². The molecule has 112 valence electrons. The zero-order chi connectivity index (χ0) is 14.8. The van der Waals surface area contributed by atoms with E-state index in [9.17, 15) is 13.2 Å². The first-order chi connectivity index (χ1) is 9.39. The lowest BCUT2D eigenvalue weighted by molar-refractivity contribution is -0.196. The van der Waals surface area contributed by atoms with Gasteiger partial charge in [0.25, 0.3) is 0 Å². The fraction of sp³-hybridized carbons (Fsp3) is 0.643. The van der Waals surface area contributed by atoms with Gasteiger partial charge in [0.1, 0.15) is 0 Å². The second-order valence-corrected chi connectivity index (χ2v) is 6.25. The minimum atomic E-state index is -4.17. The predicted octanol–water partition coefficient (Wildman–Crippen LogP) is 5.25. The fourth-order valence-corrected chi connectivity index (χ4v) is 3.59. The number of aromatic nitrogens is 1. The SMILES string of the molecule is FC(F)(F)C1CCCCC1C(Cl)Cc1ccncc1Cl. The van der Waals surface area contributed by atoms with Gasteiger partial charge in [0.2, 0.25) is 0 Å². The Morgan fingerprint density at radius 2 is 2.00 bits per heavy atom. The van der Waals surface area contributed by atoms with Crippen LogP contribution in [-0.4, -0.2) is 16.5 Å². The highest BCUT2D eigenvalue weighted by molar-refractivity contribution is 6.31. The molecule has 0 amide bonds. The van der Waals surface area contributed by atoms with Crippen molar-refractivity contribution in [3.05, 3.63) is 29.0 Å². The summed E-state index contributed by atoms with van der Waals surface area (Å²) in [6.07, 6.45) is 1.39. The highest BCUT2D eigenvalue weighted by atomic mass is 35.5. The molecule has 1 aliphatic carbocycles. The molecule has 20 heavy (non-hydrogen) atoms. The Bertz CT molecular complexity index is 450. The summed E-state index contributed by atoms with van der Waals surface area (Å²) in [6.45, 7) is 0. The van der Waals surface area contributed by atoms with Crippen LogP contribution < -0.4 is 0 Å². The van der Waals surface area contributed by atoms with Crippen molar-refractivity contribution in [2.24, 2.45) is 11.8 Å². The van der Waals surface area contributed by atoms with Gasteiger partial charge in [0.05, 0.1) is 10.9 Å². The average molecular weight is 326 g/mol. The lowest BCUT2D eigenvalue weighted by Gasteiger charge is -2.35. The van der Waals surface area contributed by atoms with Gasteiger partial charge in [-0.05, 0) is 36.8 Å². The van der Waals surface area contributed by atoms with E-state index in [1.807, 2.05) is 0 Å². The molecular weight excluding hydrogens is 310 g/mol. The number of halogens is 5. The summed E-state index contributed by atoms with van der Waals surface area (Å²) in [6, 6.07) is 1.71. The Kier molecular flexibility index (Phi) is 5.19. The lowest BCUT2D eigenvalue weighted by Crippen LogP contribution is -2.38. The van der Waals surface area contributed by atoms with Gasteiger partial charge >= 0.3 is 6.18 Å². The van der Waals surface area contributed by atoms with Crippen LogP contribution >= 0.6 is 23.2 Å². The maximum absolute atomic E-state index is 13.1. The van der Waals surface area contributed by atoms with Crippen LogP contribution in [0.4, 0.5) is 13.2 Å². The van der Waals surface area contributed by atoms with Gasteiger partial charge in [-0.1, -0.05) is 24.4 Å². The highest BCUT2D eigenvalue weighted by Crippen LogP contribution is 2.44. The lowest BCUT2D eigenvalue weighted by atomic mass is 9.76. The van der Waals surface area contributed by atoms with E-state index >= 15 is 0 Å². The molecule has 1 saturated carbocycles. The quantitative estimate of drug-likeness (QED) is 0.691. The summed E-state index contributed by atoms with van der Waals surface area (Å²) in [5.41, 5.74) is 0.758. The Labute approximate surface area is 126 Å². The van der Waals surface area contributed by atoms with E-state index < -0.39 is 23.4 Å². The second kappa shape index (κ2) is 6.52. The zero-order valence-electron chi connectivity index (χ0n) is 10.8. The summed E-state index contributed by atoms with van der Waals surface area (Å²) in [7, 11) is 0. The van der Waals surface area contributed by atoms with Crippen LogP contribution in [0.1, 0.15) is 31.2 Å². The third-order valence-corrected chi connectivity index (χ3v) is 4.79. The third-order valence-electron chi connectivity index (χ3n) is 3.98. The van der Waals surface area contributed by atoms with E-state index in [1.165, 1.54) is 6.20 Å². The van der Waals surface area contributed by atoms with Gasteiger partial charge in [-0.25, -0.2) is 0 Å². The molecular formula is C14H16Cl2F3N. The molecule has 0 aliphatic heterocycles. The summed E-state index contributed by atoms with van der Waals surface area (Å²) in [4.78, 5) is 3.86. The normalized spacial score (nSPS) is 25.4. The summed E-state index contributed by atoms with van der Waals surface area (Å²) in [5, 5.41) is -0.0978. The smallest absolute Gasteiger partial charge is 0.263 e. The van der Waals surface area contributed by atoms with E-state index in [2.05, 4.69) is 4.98 Å². The molecule has 1 heterocycles. The zero-order valence-corrected chi connectivity index (χ0v) is 12.3. The van der Waals surface area contributed by atoms with Gasteiger partial charge < -0.3 is 0 Å². The molecule has 1 aliphatic rings. The minimum absolute atomic E-state index is 0.182. The van der Waals surface area contributed by atoms with Crippen molar-refractivity contribution in [2.75, 3.05) is 0 Å². The average Bonchev–Trinajstić information content (AvgIpc) is 2.40. The predicted molar refractivity (Wildman–Crippen MR) is 74.1 cm³/mol. The largest absolute Gasteiger partial charge is 0.392 e. The Morgan fingerprint density at radius 3 is 2.65 bits per heavy atom. The van der Waals surface area contributed by atoms with Crippen LogP contribution in [0, 0.1) is 11.8 Å². The summed E-state index contributed by atoms with van der Waals surface area (Å²) >= 11 is 12.3. The maximum atomic E-state index is 13.1. The number of hydrogen-bond acceptors (Lipinski definition) is 1. The monoisotopic (exact) mass is 325 g/mol. The molecule has 3 atom stereocenters. The number of nitrogens with zero attached hydrogens (tertiary/aromatic N) is 1. The van der Waals surface area contributed by atoms with Crippen molar-refractivity contribution < 1.29 is 13.2 Å². The van der Waals surface area contributed by atoms with Crippen LogP contribution in [0.3, 0.4) is 0 Å². The Hall–Kier alpha value is -0.480. The molecule has 2 rings (SSSR count). The molecule has 1 nitrogen and oxygen atoms in total. The molecule has 6 heteroatoms. The van der Waals surface area contributed by atoms with Crippen molar-refractivity contribution in [2.45, 2.75) is 43.7 Å². The molecule has 3 unspecified atom stereocenters. The van der Waals surface area contributed by atoms with Gasteiger partial charge in [-0.3, -0.25) is 4.98 Å². The third kappa shape index (κ3) is 3.79. The molecule has 1 fully saturated rings. The maximum Gasteiger partial charge on any atom is 0.392 e. The Morgan fingerprint density at radius 1 is 1.30 bits per heavy atom. The minimum Gasteiger partial charge on any atom is -0.263 e. The van der Waals surface area contributed by atoms with E-state index in [4.69, 9.17) is 23.2 Å². The molecule has 1 aromatic heterocycles. The van der Waals surface area contributed by atoms with E-state index in [-0.39, 0.29) is 6.42 Å². The van der Waals surface area contributed by atoms with Crippen molar-refractivity contribution in [1.82, 2.24) is 4.98 Å².